The summed E-state index contributed by atoms with van der Waals surface area (Å²) < 4.78 is 32.0. The Balaban J connectivity index is 2.12. The molecule has 0 saturated carbocycles. The number of rotatable bonds is 7. The monoisotopic (exact) mass is 321 g/mol. The van der Waals surface area contributed by atoms with Crippen molar-refractivity contribution in [2.75, 3.05) is 20.3 Å². The zero-order valence-electron chi connectivity index (χ0n) is 13.2. The minimum absolute atomic E-state index is 0.0618. The summed E-state index contributed by atoms with van der Waals surface area (Å²) in [5.41, 5.74) is 0.522. The molecule has 2 aromatic rings. The molecule has 3 nitrogen and oxygen atoms in total. The molecule has 0 bridgehead atoms. The lowest BCUT2D eigenvalue weighted by atomic mass is 9.92. The van der Waals surface area contributed by atoms with Gasteiger partial charge in [-0.3, -0.25) is 0 Å². The van der Waals surface area contributed by atoms with Gasteiger partial charge in [0.2, 0.25) is 0 Å². The lowest BCUT2D eigenvalue weighted by Crippen LogP contribution is -2.45. The Morgan fingerprint density at radius 3 is 2.48 bits per heavy atom. The summed E-state index contributed by atoms with van der Waals surface area (Å²) >= 11 is 0. The second kappa shape index (κ2) is 7.64. The fourth-order valence-corrected chi connectivity index (χ4v) is 2.53. The Kier molecular flexibility index (Phi) is 5.82. The number of halogens is 2. The predicted molar refractivity (Wildman–Crippen MR) is 85.0 cm³/mol. The fourth-order valence-electron chi connectivity index (χ4n) is 2.53. The molecule has 2 atom stereocenters. The third-order valence-corrected chi connectivity index (χ3v) is 3.85. The molecule has 0 radical (unpaired) electrons. The van der Waals surface area contributed by atoms with Crippen molar-refractivity contribution >= 4 is 0 Å². The fraction of sp³-hybridized carbons (Fsp3) is 0.333. The molecule has 2 rings (SSSR count). The van der Waals surface area contributed by atoms with Crippen molar-refractivity contribution in [3.63, 3.8) is 0 Å². The van der Waals surface area contributed by atoms with Crippen LogP contribution in [-0.4, -0.2) is 25.4 Å². The van der Waals surface area contributed by atoms with Gasteiger partial charge >= 0.3 is 0 Å². The van der Waals surface area contributed by atoms with E-state index in [1.807, 2.05) is 37.3 Å². The van der Waals surface area contributed by atoms with Crippen LogP contribution in [0.3, 0.4) is 0 Å². The summed E-state index contributed by atoms with van der Waals surface area (Å²) in [6.07, 6.45) is -1.09. The molecule has 23 heavy (non-hydrogen) atoms. The van der Waals surface area contributed by atoms with Crippen LogP contribution >= 0.6 is 0 Å². The minimum Gasteiger partial charge on any atom is -0.387 e. The van der Waals surface area contributed by atoms with Gasteiger partial charge < -0.3 is 15.2 Å². The second-order valence-electron chi connectivity index (χ2n) is 5.69. The van der Waals surface area contributed by atoms with E-state index in [2.05, 4.69) is 5.32 Å². The summed E-state index contributed by atoms with van der Waals surface area (Å²) in [7, 11) is 1.60. The summed E-state index contributed by atoms with van der Waals surface area (Å²) in [5, 5.41) is 13.4. The van der Waals surface area contributed by atoms with Gasteiger partial charge in [-0.05, 0) is 18.6 Å². The zero-order valence-corrected chi connectivity index (χ0v) is 13.2. The van der Waals surface area contributed by atoms with Crippen molar-refractivity contribution in [2.45, 2.75) is 18.6 Å². The molecule has 0 saturated heterocycles. The normalized spacial score (nSPS) is 15.2. The number of nitrogens with one attached hydrogen (secondary N) is 1. The molecule has 5 heteroatoms. The zero-order chi connectivity index (χ0) is 16.9. The molecule has 0 aromatic heterocycles. The van der Waals surface area contributed by atoms with Crippen LogP contribution in [0, 0.1) is 11.6 Å². The van der Waals surface area contributed by atoms with Crippen LogP contribution < -0.4 is 5.32 Å². The lowest BCUT2D eigenvalue weighted by molar-refractivity contribution is 0.0970. The van der Waals surface area contributed by atoms with Gasteiger partial charge in [0.25, 0.3) is 0 Å². The van der Waals surface area contributed by atoms with Crippen LogP contribution in [0.5, 0.6) is 0 Å². The van der Waals surface area contributed by atoms with E-state index >= 15 is 0 Å². The number of benzene rings is 2. The first-order valence-electron chi connectivity index (χ1n) is 7.39. The standard InChI is InChI=1S/C18H21F2NO2/c1-18(12-23-2,13-6-4-3-5-7-13)21-11-17(22)15-9-8-14(19)10-16(15)20/h3-10,17,21-22H,11-12H2,1-2H3. The maximum atomic E-state index is 13.7. The van der Waals surface area contributed by atoms with Crippen molar-refractivity contribution in [2.24, 2.45) is 0 Å². The lowest BCUT2D eigenvalue weighted by Gasteiger charge is -2.32. The summed E-state index contributed by atoms with van der Waals surface area (Å²) in [6.45, 7) is 2.44. The number of methoxy groups -OCH3 is 1. The Morgan fingerprint density at radius 1 is 1.17 bits per heavy atom. The summed E-state index contributed by atoms with van der Waals surface area (Å²) in [4.78, 5) is 0. The van der Waals surface area contributed by atoms with Gasteiger partial charge in [0, 0.05) is 25.3 Å². The van der Waals surface area contributed by atoms with E-state index in [4.69, 9.17) is 4.74 Å². The van der Waals surface area contributed by atoms with Crippen molar-refractivity contribution in [3.05, 3.63) is 71.3 Å². The maximum absolute atomic E-state index is 13.7. The van der Waals surface area contributed by atoms with Crippen molar-refractivity contribution in [1.29, 1.82) is 0 Å². The largest absolute Gasteiger partial charge is 0.387 e. The molecular formula is C18H21F2NO2. The van der Waals surface area contributed by atoms with E-state index in [1.165, 1.54) is 6.07 Å². The number of hydrogen-bond donors (Lipinski definition) is 2. The molecule has 0 aliphatic rings. The van der Waals surface area contributed by atoms with Gasteiger partial charge in [0.05, 0.1) is 18.2 Å². The van der Waals surface area contributed by atoms with Gasteiger partial charge in [-0.15, -0.1) is 0 Å². The van der Waals surface area contributed by atoms with E-state index in [0.717, 1.165) is 17.7 Å². The molecule has 2 N–H and O–H groups in total. The Hall–Kier alpha value is -1.82. The summed E-state index contributed by atoms with van der Waals surface area (Å²) in [5.74, 6) is -1.42. The molecular weight excluding hydrogens is 300 g/mol. The third kappa shape index (κ3) is 4.34. The highest BCUT2D eigenvalue weighted by atomic mass is 19.1. The second-order valence-corrected chi connectivity index (χ2v) is 5.69. The van der Waals surface area contributed by atoms with E-state index in [-0.39, 0.29) is 12.1 Å². The van der Waals surface area contributed by atoms with Gasteiger partial charge in [0.15, 0.2) is 0 Å². The minimum atomic E-state index is -1.09. The van der Waals surface area contributed by atoms with Crippen molar-refractivity contribution < 1.29 is 18.6 Å². The first-order chi connectivity index (χ1) is 11.0. The Labute approximate surface area is 134 Å². The average Bonchev–Trinajstić information content (AvgIpc) is 2.54. The van der Waals surface area contributed by atoms with E-state index in [9.17, 15) is 13.9 Å². The molecule has 0 heterocycles. The van der Waals surface area contributed by atoms with Crippen molar-refractivity contribution in [1.82, 2.24) is 5.32 Å². The van der Waals surface area contributed by atoms with E-state index < -0.39 is 23.3 Å². The predicted octanol–water partition coefficient (Wildman–Crippen LogP) is 3.15. The molecule has 0 aliphatic heterocycles. The van der Waals surface area contributed by atoms with Crippen LogP contribution in [0.25, 0.3) is 0 Å². The highest BCUT2D eigenvalue weighted by Gasteiger charge is 2.27. The molecule has 0 amide bonds. The molecule has 0 aliphatic carbocycles. The van der Waals surface area contributed by atoms with Crippen LogP contribution in [-0.2, 0) is 10.3 Å². The van der Waals surface area contributed by atoms with Crippen molar-refractivity contribution in [3.8, 4) is 0 Å². The number of hydrogen-bond acceptors (Lipinski definition) is 3. The number of ether oxygens (including phenoxy) is 1. The van der Waals surface area contributed by atoms with Gasteiger partial charge in [-0.1, -0.05) is 36.4 Å². The first-order valence-corrected chi connectivity index (χ1v) is 7.39. The highest BCUT2D eigenvalue weighted by Crippen LogP contribution is 2.23. The maximum Gasteiger partial charge on any atom is 0.131 e. The number of aliphatic hydroxyl groups excluding tert-OH is 1. The smallest absolute Gasteiger partial charge is 0.131 e. The quantitative estimate of drug-likeness (QED) is 0.823. The Bertz CT molecular complexity index is 636. The van der Waals surface area contributed by atoms with Gasteiger partial charge in [-0.25, -0.2) is 8.78 Å². The molecule has 0 fully saturated rings. The van der Waals surface area contributed by atoms with Crippen LogP contribution in [0.4, 0.5) is 8.78 Å². The van der Waals surface area contributed by atoms with E-state index in [0.29, 0.717) is 6.61 Å². The van der Waals surface area contributed by atoms with Gasteiger partial charge in [0.1, 0.15) is 11.6 Å². The first kappa shape index (κ1) is 17.5. The van der Waals surface area contributed by atoms with E-state index in [1.54, 1.807) is 7.11 Å². The topological polar surface area (TPSA) is 41.5 Å². The summed E-state index contributed by atoms with van der Waals surface area (Å²) in [6, 6.07) is 12.8. The molecule has 124 valence electrons. The highest BCUT2D eigenvalue weighted by molar-refractivity contribution is 5.25. The average molecular weight is 321 g/mol. The SMILES string of the molecule is COCC(C)(NCC(O)c1ccc(F)cc1F)c1ccccc1. The molecule has 2 aromatic carbocycles. The van der Waals surface area contributed by atoms with Gasteiger partial charge in [-0.2, -0.15) is 0 Å². The van der Waals surface area contributed by atoms with Crippen LogP contribution in [0.1, 0.15) is 24.2 Å². The van der Waals surface area contributed by atoms with Crippen LogP contribution in [0.2, 0.25) is 0 Å². The Morgan fingerprint density at radius 2 is 1.87 bits per heavy atom. The third-order valence-electron chi connectivity index (χ3n) is 3.85. The number of aliphatic hydroxyl groups is 1. The molecule has 0 spiro atoms. The van der Waals surface area contributed by atoms with Crippen LogP contribution in [0.15, 0.2) is 48.5 Å². The molecule has 2 unspecified atom stereocenters.